The maximum absolute atomic E-state index is 14.5. The normalized spacial score (nSPS) is 10.9. The van der Waals surface area contributed by atoms with Gasteiger partial charge in [-0.3, -0.25) is 9.59 Å². The number of halogens is 2. The lowest BCUT2D eigenvalue weighted by Gasteiger charge is -2.10. The summed E-state index contributed by atoms with van der Waals surface area (Å²) in [6, 6.07) is 8.17. The van der Waals surface area contributed by atoms with Gasteiger partial charge >= 0.3 is 11.9 Å². The summed E-state index contributed by atoms with van der Waals surface area (Å²) < 4.78 is 43.7. The molecule has 2 heterocycles. The van der Waals surface area contributed by atoms with Crippen LogP contribution >= 0.6 is 0 Å². The van der Waals surface area contributed by atoms with Gasteiger partial charge in [-0.25, -0.2) is 9.59 Å². The van der Waals surface area contributed by atoms with Crippen LogP contribution in [0.3, 0.4) is 0 Å². The summed E-state index contributed by atoms with van der Waals surface area (Å²) in [5.74, 6) is -2.95. The molecule has 0 spiro atoms. The molecule has 0 atom stereocenters. The average molecular weight is 456 g/mol. The van der Waals surface area contributed by atoms with E-state index in [0.29, 0.717) is 12.4 Å². The Labute approximate surface area is 182 Å². The minimum Gasteiger partial charge on any atom is -0.494 e. The van der Waals surface area contributed by atoms with Crippen LogP contribution in [-0.2, 0) is 4.74 Å². The number of hydrogen-bond acceptors (Lipinski definition) is 7. The molecule has 0 saturated carbocycles. The van der Waals surface area contributed by atoms with E-state index in [0.717, 1.165) is 0 Å². The number of carbonyl (C=O) groups is 2. The number of para-hydroxylation sites is 2. The zero-order chi connectivity index (χ0) is 23.9. The number of pyridine rings is 2. The number of aromatic nitrogens is 2. The Balaban J connectivity index is 1.75. The summed E-state index contributed by atoms with van der Waals surface area (Å²) in [4.78, 5) is 50.3. The van der Waals surface area contributed by atoms with E-state index in [2.05, 4.69) is 4.74 Å². The monoisotopic (exact) mass is 456 g/mol. The summed E-state index contributed by atoms with van der Waals surface area (Å²) in [5, 5.41) is -0.412. The highest BCUT2D eigenvalue weighted by Gasteiger charge is 2.25. The Hall–Kier alpha value is -4.54. The third-order valence-corrected chi connectivity index (χ3v) is 4.95. The first-order chi connectivity index (χ1) is 15.8. The van der Waals surface area contributed by atoms with Gasteiger partial charge in [0.05, 0.1) is 37.4 Å². The van der Waals surface area contributed by atoms with Crippen molar-refractivity contribution in [2.75, 3.05) is 14.2 Å². The number of methoxy groups -OCH3 is 2. The van der Waals surface area contributed by atoms with Crippen LogP contribution < -0.4 is 20.3 Å². The lowest BCUT2D eigenvalue weighted by Crippen LogP contribution is -2.25. The number of hydrogen-bond donors (Lipinski definition) is 0. The average Bonchev–Trinajstić information content (AvgIpc) is 2.82. The third-order valence-electron chi connectivity index (χ3n) is 4.95. The largest absolute Gasteiger partial charge is 0.494 e. The Morgan fingerprint density at radius 3 is 1.48 bits per heavy atom. The van der Waals surface area contributed by atoms with Crippen LogP contribution in [-0.4, -0.2) is 35.7 Å². The Morgan fingerprint density at radius 2 is 1.12 bits per heavy atom. The Kier molecular flexibility index (Phi) is 5.38. The summed E-state index contributed by atoms with van der Waals surface area (Å²) in [6.45, 7) is 0. The van der Waals surface area contributed by atoms with Gasteiger partial charge in [0, 0.05) is 0 Å². The molecule has 0 aliphatic carbocycles. The summed E-state index contributed by atoms with van der Waals surface area (Å²) >= 11 is 0. The van der Waals surface area contributed by atoms with Crippen LogP contribution in [0.25, 0.3) is 21.8 Å². The van der Waals surface area contributed by atoms with E-state index in [1.54, 1.807) is 0 Å². The predicted molar refractivity (Wildman–Crippen MR) is 112 cm³/mol. The molecule has 11 heteroatoms. The molecule has 0 fully saturated rings. The van der Waals surface area contributed by atoms with Crippen LogP contribution in [0.15, 0.2) is 58.4 Å². The van der Waals surface area contributed by atoms with Gasteiger partial charge in [-0.2, -0.15) is 9.58 Å². The van der Waals surface area contributed by atoms with E-state index in [-0.39, 0.29) is 42.9 Å². The maximum Gasteiger partial charge on any atom is 0.351 e. The van der Waals surface area contributed by atoms with Gasteiger partial charge in [0.15, 0.2) is 0 Å². The van der Waals surface area contributed by atoms with Crippen molar-refractivity contribution in [1.82, 2.24) is 9.58 Å². The summed E-state index contributed by atoms with van der Waals surface area (Å²) in [7, 11) is 2.55. The predicted octanol–water partition coefficient (Wildman–Crippen LogP) is 2.80. The third kappa shape index (κ3) is 3.49. The minimum atomic E-state index is -1.52. The van der Waals surface area contributed by atoms with E-state index in [9.17, 15) is 28.1 Å². The minimum absolute atomic E-state index is 0.0204. The van der Waals surface area contributed by atoms with Crippen molar-refractivity contribution < 1.29 is 32.8 Å². The number of ether oxygens (including phenoxy) is 3. The van der Waals surface area contributed by atoms with Crippen molar-refractivity contribution in [3.63, 3.8) is 0 Å². The molecule has 0 N–H and O–H groups in total. The molecule has 4 aromatic rings. The Morgan fingerprint density at radius 1 is 0.727 bits per heavy atom. The van der Waals surface area contributed by atoms with E-state index < -0.39 is 33.9 Å². The molecule has 0 aliphatic rings. The Bertz CT molecular complexity index is 1460. The lowest BCUT2D eigenvalue weighted by atomic mass is 10.1. The van der Waals surface area contributed by atoms with Crippen molar-refractivity contribution in [2.45, 2.75) is 0 Å². The molecule has 0 unspecified atom stereocenters. The van der Waals surface area contributed by atoms with Crippen molar-refractivity contribution in [3.05, 3.63) is 80.4 Å². The van der Waals surface area contributed by atoms with Gasteiger partial charge in [0.2, 0.25) is 10.9 Å². The van der Waals surface area contributed by atoms with E-state index in [1.807, 2.05) is 0 Å². The molecular weight excluding hydrogens is 442 g/mol. The first-order valence-corrected chi connectivity index (χ1v) is 9.32. The smallest absolute Gasteiger partial charge is 0.351 e. The number of nitrogens with zero attached hydrogens (tertiary/aromatic N) is 2. The molecule has 4 rings (SSSR count). The number of carbonyl (C=O) groups excluding carboxylic acids is 2. The van der Waals surface area contributed by atoms with Gasteiger partial charge in [0.1, 0.15) is 33.7 Å². The number of esters is 2. The molecule has 2 aromatic heterocycles. The molecule has 0 radical (unpaired) electrons. The van der Waals surface area contributed by atoms with Crippen molar-refractivity contribution in [1.29, 1.82) is 0 Å². The zero-order valence-electron chi connectivity index (χ0n) is 17.1. The fourth-order valence-electron chi connectivity index (χ4n) is 3.43. The van der Waals surface area contributed by atoms with E-state index >= 15 is 0 Å². The number of benzene rings is 2. The highest BCUT2D eigenvalue weighted by molar-refractivity contribution is 6.05. The molecule has 168 valence electrons. The molecule has 0 saturated heterocycles. The summed E-state index contributed by atoms with van der Waals surface area (Å²) in [6.07, 6.45) is 1.06. The van der Waals surface area contributed by atoms with E-state index in [1.165, 1.54) is 50.6 Å². The molecule has 9 nitrogen and oxygen atoms in total. The van der Waals surface area contributed by atoms with Gasteiger partial charge in [-0.15, -0.1) is 0 Å². The zero-order valence-corrected chi connectivity index (χ0v) is 17.1. The van der Waals surface area contributed by atoms with Crippen molar-refractivity contribution >= 4 is 33.7 Å². The molecule has 2 aromatic carbocycles. The van der Waals surface area contributed by atoms with Crippen molar-refractivity contribution in [2.24, 2.45) is 0 Å². The van der Waals surface area contributed by atoms with Gasteiger partial charge in [-0.05, 0) is 24.3 Å². The number of fused-ring (bicyclic) bond motifs is 2. The quantitative estimate of drug-likeness (QED) is 0.343. The van der Waals surface area contributed by atoms with Gasteiger partial charge in [0.25, 0.3) is 0 Å². The fraction of sp³-hybridized carbons (Fsp3) is 0.0909. The van der Waals surface area contributed by atoms with Crippen LogP contribution in [0.4, 0.5) is 8.96 Å². The van der Waals surface area contributed by atoms with Crippen LogP contribution in [0.2, 0.25) is 0 Å². The SMILES string of the molecule is COc1cccc2c(=O)c(C(=O)OC(=O)c3cn(F)c4c(OC)cccc4c3=O)cn(F)c12. The molecule has 33 heavy (non-hydrogen) atoms. The topological polar surface area (TPSA) is 106 Å². The van der Waals surface area contributed by atoms with Gasteiger partial charge < -0.3 is 14.2 Å². The first kappa shape index (κ1) is 21.7. The van der Waals surface area contributed by atoms with E-state index in [4.69, 9.17) is 9.47 Å². The van der Waals surface area contributed by atoms with Crippen LogP contribution in [0, 0.1) is 0 Å². The maximum atomic E-state index is 14.5. The first-order valence-electron chi connectivity index (χ1n) is 9.32. The lowest BCUT2D eigenvalue weighted by molar-refractivity contribution is 0.0393. The van der Waals surface area contributed by atoms with Crippen LogP contribution in [0.5, 0.6) is 11.5 Å². The molecular formula is C22H14F2N2O7. The summed E-state index contributed by atoms with van der Waals surface area (Å²) in [5.41, 5.74) is -3.93. The fourth-order valence-corrected chi connectivity index (χ4v) is 3.43. The standard InChI is InChI=1S/C22H14F2N2O7/c1-31-15-7-3-5-11-17(15)25(23)9-13(19(11)27)21(29)33-22(30)14-10-26(24)18-12(20(14)28)6-4-8-16(18)32-2/h3-10H,1-2H3. The second-order valence-corrected chi connectivity index (χ2v) is 6.76. The van der Waals surface area contributed by atoms with Crippen molar-refractivity contribution in [3.8, 4) is 11.5 Å². The van der Waals surface area contributed by atoms with Gasteiger partial charge in [-0.1, -0.05) is 21.1 Å². The highest BCUT2D eigenvalue weighted by Crippen LogP contribution is 2.25. The molecule has 0 amide bonds. The second kappa shape index (κ2) is 8.19. The molecule has 0 bridgehead atoms. The van der Waals surface area contributed by atoms with Crippen LogP contribution in [0.1, 0.15) is 20.7 Å². The number of rotatable bonds is 4. The highest BCUT2D eigenvalue weighted by atomic mass is 19.2. The molecule has 0 aliphatic heterocycles. The second-order valence-electron chi connectivity index (χ2n) is 6.76.